The molecular weight excluding hydrogens is 386 g/mol. The molecule has 0 unspecified atom stereocenters. The van der Waals surface area contributed by atoms with Crippen LogP contribution in [-0.2, 0) is 21.4 Å². The molecule has 1 saturated carbocycles. The minimum atomic E-state index is -0.108. The van der Waals surface area contributed by atoms with Gasteiger partial charge in [0.1, 0.15) is 5.75 Å². The molecule has 2 amide bonds. The average Bonchev–Trinajstić information content (AvgIpc) is 3.36. The predicted octanol–water partition coefficient (Wildman–Crippen LogP) is 3.92. The lowest BCUT2D eigenvalue weighted by atomic mass is 9.78. The fraction of sp³-hybridized carbons (Fsp3) is 0.500. The van der Waals surface area contributed by atoms with Crippen molar-refractivity contribution in [2.75, 3.05) is 19.0 Å². The molecule has 6 nitrogen and oxygen atoms in total. The van der Waals surface area contributed by atoms with Gasteiger partial charge in [-0.1, -0.05) is 44.9 Å². The monoisotopic (exact) mass is 415 g/mol. The van der Waals surface area contributed by atoms with Crippen LogP contribution in [0.5, 0.6) is 5.75 Å². The average molecular weight is 416 g/mol. The van der Waals surface area contributed by atoms with Gasteiger partial charge in [-0.2, -0.15) is 0 Å². The van der Waals surface area contributed by atoms with E-state index in [2.05, 4.69) is 21.7 Å². The molecule has 2 aromatic rings. The van der Waals surface area contributed by atoms with E-state index in [1.165, 1.54) is 16.9 Å². The number of aromatic nitrogens is 1. The van der Waals surface area contributed by atoms with Crippen molar-refractivity contribution in [1.29, 1.82) is 0 Å². The number of hydrogen-bond acceptors (Lipinski definition) is 5. The van der Waals surface area contributed by atoms with E-state index in [0.717, 1.165) is 31.4 Å². The molecule has 3 rings (SSSR count). The summed E-state index contributed by atoms with van der Waals surface area (Å²) in [5.74, 6) is 0.644. The minimum absolute atomic E-state index is 0.0572. The number of benzene rings is 1. The van der Waals surface area contributed by atoms with Crippen LogP contribution in [0.25, 0.3) is 0 Å². The maximum absolute atomic E-state index is 12.6. The Morgan fingerprint density at radius 2 is 1.97 bits per heavy atom. The van der Waals surface area contributed by atoms with Gasteiger partial charge in [-0.05, 0) is 18.9 Å². The number of methoxy groups -OCH3 is 1. The normalized spacial score (nSPS) is 15.3. The van der Waals surface area contributed by atoms with E-state index < -0.39 is 0 Å². The number of nitrogens with zero attached hydrogens (tertiary/aromatic N) is 1. The number of para-hydroxylation sites is 1. The van der Waals surface area contributed by atoms with Crippen LogP contribution in [0.2, 0.25) is 0 Å². The van der Waals surface area contributed by atoms with Crippen molar-refractivity contribution in [2.45, 2.75) is 51.4 Å². The van der Waals surface area contributed by atoms with E-state index in [9.17, 15) is 9.59 Å². The van der Waals surface area contributed by atoms with Gasteiger partial charge in [-0.25, -0.2) is 4.98 Å². The molecule has 0 radical (unpaired) electrons. The van der Waals surface area contributed by atoms with Crippen LogP contribution < -0.4 is 15.4 Å². The van der Waals surface area contributed by atoms with Gasteiger partial charge >= 0.3 is 0 Å². The van der Waals surface area contributed by atoms with Crippen molar-refractivity contribution < 1.29 is 14.3 Å². The number of nitrogens with one attached hydrogen (secondary N) is 2. The Kier molecular flexibility index (Phi) is 6.90. The van der Waals surface area contributed by atoms with E-state index in [1.807, 2.05) is 37.4 Å². The minimum Gasteiger partial charge on any atom is -0.496 e. The Balaban J connectivity index is 1.62. The summed E-state index contributed by atoms with van der Waals surface area (Å²) in [6, 6.07) is 8.10. The summed E-state index contributed by atoms with van der Waals surface area (Å²) in [6.45, 7) is 4.25. The molecule has 0 aliphatic heterocycles. The first-order valence-corrected chi connectivity index (χ1v) is 11.0. The molecule has 7 heteroatoms. The zero-order valence-corrected chi connectivity index (χ0v) is 18.1. The van der Waals surface area contributed by atoms with Crippen LogP contribution in [0.1, 0.15) is 50.8 Å². The second-order valence-electron chi connectivity index (χ2n) is 7.93. The van der Waals surface area contributed by atoms with E-state index >= 15 is 0 Å². The third-order valence-electron chi connectivity index (χ3n) is 5.51. The molecule has 0 spiro atoms. The summed E-state index contributed by atoms with van der Waals surface area (Å²) in [4.78, 5) is 28.7. The highest BCUT2D eigenvalue weighted by Crippen LogP contribution is 2.44. The Hall–Kier alpha value is -2.41. The fourth-order valence-corrected chi connectivity index (χ4v) is 4.58. The van der Waals surface area contributed by atoms with Gasteiger partial charge in [-0.15, -0.1) is 11.3 Å². The second-order valence-corrected chi connectivity index (χ2v) is 8.79. The summed E-state index contributed by atoms with van der Waals surface area (Å²) in [7, 11) is 1.69. The summed E-state index contributed by atoms with van der Waals surface area (Å²) >= 11 is 1.34. The van der Waals surface area contributed by atoms with Crippen molar-refractivity contribution in [3.63, 3.8) is 0 Å². The van der Waals surface area contributed by atoms with Crippen LogP contribution in [0.3, 0.4) is 0 Å². The van der Waals surface area contributed by atoms with Crippen molar-refractivity contribution in [3.8, 4) is 5.75 Å². The van der Waals surface area contributed by atoms with Crippen LogP contribution >= 0.6 is 11.3 Å². The molecule has 1 aliphatic carbocycles. The Morgan fingerprint density at radius 3 is 2.66 bits per heavy atom. The van der Waals surface area contributed by atoms with Gasteiger partial charge in [0.25, 0.3) is 0 Å². The first-order chi connectivity index (χ1) is 13.9. The zero-order chi connectivity index (χ0) is 20.9. The molecule has 0 saturated heterocycles. The van der Waals surface area contributed by atoms with Crippen molar-refractivity contribution in [3.05, 3.63) is 40.9 Å². The maximum Gasteiger partial charge on any atom is 0.228 e. The van der Waals surface area contributed by atoms with Crippen molar-refractivity contribution in [1.82, 2.24) is 10.3 Å². The lowest BCUT2D eigenvalue weighted by molar-refractivity contribution is -0.121. The number of ether oxygens (including phenoxy) is 1. The van der Waals surface area contributed by atoms with E-state index in [0.29, 0.717) is 17.4 Å². The number of rotatable bonds is 8. The highest BCUT2D eigenvalue weighted by Gasteiger charge is 2.38. The van der Waals surface area contributed by atoms with Crippen molar-refractivity contribution in [2.24, 2.45) is 5.92 Å². The number of carbonyl (C=O) groups is 2. The molecule has 1 fully saturated rings. The largest absolute Gasteiger partial charge is 0.496 e. The second kappa shape index (κ2) is 9.39. The van der Waals surface area contributed by atoms with E-state index in [-0.39, 0.29) is 29.6 Å². The van der Waals surface area contributed by atoms with Crippen molar-refractivity contribution >= 4 is 28.3 Å². The molecule has 2 N–H and O–H groups in total. The molecule has 1 aromatic carbocycles. The molecule has 1 aliphatic rings. The summed E-state index contributed by atoms with van der Waals surface area (Å²) in [6.07, 6.45) is 4.58. The van der Waals surface area contributed by atoms with Gasteiger partial charge in [-0.3, -0.25) is 9.59 Å². The summed E-state index contributed by atoms with van der Waals surface area (Å²) < 4.78 is 5.58. The molecule has 29 heavy (non-hydrogen) atoms. The highest BCUT2D eigenvalue weighted by molar-refractivity contribution is 7.13. The van der Waals surface area contributed by atoms with Gasteiger partial charge < -0.3 is 15.4 Å². The first kappa shape index (κ1) is 21.3. The lowest BCUT2D eigenvalue weighted by Gasteiger charge is -2.31. The zero-order valence-electron chi connectivity index (χ0n) is 17.3. The van der Waals surface area contributed by atoms with Crippen LogP contribution in [-0.4, -0.2) is 30.5 Å². The predicted molar refractivity (Wildman–Crippen MR) is 115 cm³/mol. The number of carbonyl (C=O) groups excluding carboxylic acids is 2. The van der Waals surface area contributed by atoms with Gasteiger partial charge in [0.2, 0.25) is 11.8 Å². The third-order valence-corrected chi connectivity index (χ3v) is 6.32. The molecule has 0 atom stereocenters. The molecule has 156 valence electrons. The third kappa shape index (κ3) is 5.15. The Morgan fingerprint density at radius 1 is 1.24 bits per heavy atom. The quantitative estimate of drug-likeness (QED) is 0.685. The smallest absolute Gasteiger partial charge is 0.228 e. The molecule has 1 aromatic heterocycles. The summed E-state index contributed by atoms with van der Waals surface area (Å²) in [5, 5.41) is 8.25. The van der Waals surface area contributed by atoms with Gasteiger partial charge in [0, 0.05) is 28.8 Å². The fourth-order valence-electron chi connectivity index (χ4n) is 3.87. The number of anilines is 1. The lowest BCUT2D eigenvalue weighted by Crippen LogP contribution is -2.39. The Bertz CT molecular complexity index is 856. The topological polar surface area (TPSA) is 80.3 Å². The number of thiazole rings is 1. The van der Waals surface area contributed by atoms with E-state index in [1.54, 1.807) is 7.11 Å². The number of hydrogen-bond donors (Lipinski definition) is 2. The first-order valence-electron chi connectivity index (χ1n) is 10.1. The molecule has 1 heterocycles. The van der Waals surface area contributed by atoms with E-state index in [4.69, 9.17) is 4.74 Å². The van der Waals surface area contributed by atoms with Crippen LogP contribution in [0.4, 0.5) is 5.13 Å². The van der Waals surface area contributed by atoms with Gasteiger partial charge in [0.15, 0.2) is 5.13 Å². The van der Waals surface area contributed by atoms with Crippen LogP contribution in [0, 0.1) is 5.92 Å². The SMILES string of the molecule is COc1ccccc1C1(CNC(=O)Cc2csc(NC(=O)C(C)C)n2)CCCC1. The maximum atomic E-state index is 12.6. The van der Waals surface area contributed by atoms with Gasteiger partial charge in [0.05, 0.1) is 19.2 Å². The highest BCUT2D eigenvalue weighted by atomic mass is 32.1. The molecule has 0 bridgehead atoms. The number of amides is 2. The summed E-state index contributed by atoms with van der Waals surface area (Å²) in [5.41, 5.74) is 1.76. The Labute approximate surface area is 176 Å². The standard InChI is InChI=1S/C22H29N3O3S/c1-15(2)20(27)25-21-24-16(13-29-21)12-19(26)23-14-22(10-6-7-11-22)17-8-4-5-9-18(17)28-3/h4-5,8-9,13,15H,6-7,10-12,14H2,1-3H3,(H,23,26)(H,24,25,27). The molecular formula is C22H29N3O3S. The van der Waals surface area contributed by atoms with Crippen LogP contribution in [0.15, 0.2) is 29.6 Å².